The zero-order valence-corrected chi connectivity index (χ0v) is 9.19. The Hall–Kier alpha value is -1.73. The molecule has 1 N–H and O–H groups in total. The third-order valence-corrected chi connectivity index (χ3v) is 2.55. The van der Waals surface area contributed by atoms with Gasteiger partial charge in [-0.3, -0.25) is 0 Å². The first-order chi connectivity index (χ1) is 7.78. The van der Waals surface area contributed by atoms with E-state index < -0.39 is 0 Å². The van der Waals surface area contributed by atoms with Crippen molar-refractivity contribution in [3.8, 4) is 11.8 Å². The van der Waals surface area contributed by atoms with Crippen molar-refractivity contribution in [2.45, 2.75) is 18.4 Å². The third-order valence-electron chi connectivity index (χ3n) is 2.55. The van der Waals surface area contributed by atoms with Gasteiger partial charge in [-0.2, -0.15) is 5.26 Å². The maximum atomic E-state index is 8.93. The molecule has 0 amide bonds. The monoisotopic (exact) mass is 218 g/mol. The van der Waals surface area contributed by atoms with E-state index in [1.807, 2.05) is 24.3 Å². The molecule has 0 aliphatic heterocycles. The van der Waals surface area contributed by atoms with Crippen molar-refractivity contribution in [1.82, 2.24) is 0 Å². The lowest BCUT2D eigenvalue weighted by Gasteiger charge is -2.11. The number of nitrogens with zero attached hydrogens (tertiary/aromatic N) is 1. The number of benzene rings is 1. The summed E-state index contributed by atoms with van der Waals surface area (Å²) in [4.78, 5) is 0. The second kappa shape index (κ2) is 4.42. The number of hydrogen-bond acceptors (Lipinski definition) is 4. The summed E-state index contributed by atoms with van der Waals surface area (Å²) >= 11 is 0. The van der Waals surface area contributed by atoms with Gasteiger partial charge in [0, 0.05) is 12.8 Å². The average molecular weight is 218 g/mol. The first kappa shape index (κ1) is 10.8. The van der Waals surface area contributed by atoms with Crippen molar-refractivity contribution in [3.05, 3.63) is 24.3 Å². The smallest absolute Gasteiger partial charge is 0.188 e. The topological polar surface area (TPSA) is 54.3 Å². The van der Waals surface area contributed by atoms with Crippen LogP contribution in [-0.4, -0.2) is 19.4 Å². The van der Waals surface area contributed by atoms with E-state index in [4.69, 9.17) is 14.7 Å². The van der Waals surface area contributed by atoms with Gasteiger partial charge >= 0.3 is 0 Å². The first-order valence-corrected chi connectivity index (χ1v) is 5.19. The van der Waals surface area contributed by atoms with Crippen molar-refractivity contribution >= 4 is 5.69 Å². The highest BCUT2D eigenvalue weighted by Gasteiger charge is 2.43. The molecule has 1 aliphatic rings. The van der Waals surface area contributed by atoms with Gasteiger partial charge in [-0.25, -0.2) is 0 Å². The predicted molar refractivity (Wildman–Crippen MR) is 60.1 cm³/mol. The molecule has 0 unspecified atom stereocenters. The summed E-state index contributed by atoms with van der Waals surface area (Å²) in [6, 6.07) is 9.81. The van der Waals surface area contributed by atoms with Crippen LogP contribution in [0.2, 0.25) is 0 Å². The first-order valence-electron chi connectivity index (χ1n) is 5.19. The van der Waals surface area contributed by atoms with E-state index in [1.165, 1.54) is 0 Å². The minimum absolute atomic E-state index is 0.245. The number of hydrogen-bond donors (Lipinski definition) is 1. The highest BCUT2D eigenvalue weighted by molar-refractivity contribution is 5.52. The van der Waals surface area contributed by atoms with E-state index in [0.29, 0.717) is 0 Å². The number of nitriles is 1. The van der Waals surface area contributed by atoms with Gasteiger partial charge in [0.25, 0.3) is 0 Å². The van der Waals surface area contributed by atoms with Crippen LogP contribution in [0, 0.1) is 11.3 Å². The molecule has 1 aromatic carbocycles. The van der Waals surface area contributed by atoms with Crippen molar-refractivity contribution in [1.29, 1.82) is 5.26 Å². The molecule has 0 radical (unpaired) electrons. The van der Waals surface area contributed by atoms with E-state index in [0.717, 1.165) is 24.3 Å². The van der Waals surface area contributed by atoms with Gasteiger partial charge < -0.3 is 14.8 Å². The SMILES string of the molecule is COCOc1ccc(NC2(C#N)CC2)cc1. The Morgan fingerprint density at radius 2 is 2.06 bits per heavy atom. The van der Waals surface area contributed by atoms with Crippen molar-refractivity contribution in [2.75, 3.05) is 19.2 Å². The molecule has 4 nitrogen and oxygen atoms in total. The van der Waals surface area contributed by atoms with Gasteiger partial charge in [-0.1, -0.05) is 0 Å². The Morgan fingerprint density at radius 3 is 2.56 bits per heavy atom. The highest BCUT2D eigenvalue weighted by atomic mass is 16.7. The van der Waals surface area contributed by atoms with Crippen LogP contribution >= 0.6 is 0 Å². The lowest BCUT2D eigenvalue weighted by molar-refractivity contribution is 0.0511. The van der Waals surface area contributed by atoms with E-state index in [-0.39, 0.29) is 12.3 Å². The van der Waals surface area contributed by atoms with Crippen LogP contribution in [0.5, 0.6) is 5.75 Å². The van der Waals surface area contributed by atoms with Crippen LogP contribution in [0.3, 0.4) is 0 Å². The molecule has 1 aliphatic carbocycles. The molecule has 0 heterocycles. The number of nitrogens with one attached hydrogen (secondary N) is 1. The Bertz CT molecular complexity index is 390. The maximum absolute atomic E-state index is 8.93. The molecule has 84 valence electrons. The molecule has 0 saturated heterocycles. The summed E-state index contributed by atoms with van der Waals surface area (Å²) < 4.78 is 10.1. The fraction of sp³-hybridized carbons (Fsp3) is 0.417. The molecule has 4 heteroatoms. The molecular formula is C12H14N2O2. The molecular weight excluding hydrogens is 204 g/mol. The van der Waals surface area contributed by atoms with Crippen LogP contribution in [0.15, 0.2) is 24.3 Å². The quantitative estimate of drug-likeness (QED) is 0.769. The molecule has 1 fully saturated rings. The van der Waals surface area contributed by atoms with Gasteiger partial charge in [0.05, 0.1) is 6.07 Å². The number of rotatable bonds is 5. The zero-order valence-electron chi connectivity index (χ0n) is 9.19. The largest absolute Gasteiger partial charge is 0.468 e. The van der Waals surface area contributed by atoms with E-state index >= 15 is 0 Å². The van der Waals surface area contributed by atoms with Crippen LogP contribution < -0.4 is 10.1 Å². The fourth-order valence-electron chi connectivity index (χ4n) is 1.43. The summed E-state index contributed by atoms with van der Waals surface area (Å²) in [6.45, 7) is 0.245. The van der Waals surface area contributed by atoms with Gasteiger partial charge in [0.2, 0.25) is 0 Å². The van der Waals surface area contributed by atoms with Crippen LogP contribution in [0.25, 0.3) is 0 Å². The minimum Gasteiger partial charge on any atom is -0.468 e. The Morgan fingerprint density at radius 1 is 1.38 bits per heavy atom. The number of methoxy groups -OCH3 is 1. The molecule has 0 spiro atoms. The molecule has 16 heavy (non-hydrogen) atoms. The molecule has 1 saturated carbocycles. The van der Waals surface area contributed by atoms with E-state index in [2.05, 4.69) is 11.4 Å². The molecule has 0 bridgehead atoms. The van der Waals surface area contributed by atoms with Crippen molar-refractivity contribution in [3.63, 3.8) is 0 Å². The highest BCUT2D eigenvalue weighted by Crippen LogP contribution is 2.38. The van der Waals surface area contributed by atoms with Crippen LogP contribution in [0.4, 0.5) is 5.69 Å². The van der Waals surface area contributed by atoms with Crippen LogP contribution in [-0.2, 0) is 4.74 Å². The average Bonchev–Trinajstić information content (AvgIpc) is 3.09. The molecule has 0 aromatic heterocycles. The van der Waals surface area contributed by atoms with Crippen molar-refractivity contribution < 1.29 is 9.47 Å². The van der Waals surface area contributed by atoms with Gasteiger partial charge in [0.1, 0.15) is 11.3 Å². The molecule has 1 aromatic rings. The second-order valence-electron chi connectivity index (χ2n) is 3.89. The summed E-state index contributed by atoms with van der Waals surface area (Å²) in [6.07, 6.45) is 1.84. The summed E-state index contributed by atoms with van der Waals surface area (Å²) in [7, 11) is 1.58. The summed E-state index contributed by atoms with van der Waals surface area (Å²) in [5.74, 6) is 0.759. The molecule has 0 atom stereocenters. The fourth-order valence-corrected chi connectivity index (χ4v) is 1.43. The van der Waals surface area contributed by atoms with Gasteiger partial charge in [-0.05, 0) is 37.1 Å². The summed E-state index contributed by atoms with van der Waals surface area (Å²) in [5.41, 5.74) is 0.623. The van der Waals surface area contributed by atoms with Crippen LogP contribution in [0.1, 0.15) is 12.8 Å². The van der Waals surface area contributed by atoms with Crippen molar-refractivity contribution in [2.24, 2.45) is 0 Å². The standard InChI is InChI=1S/C12H14N2O2/c1-15-9-16-11-4-2-10(3-5-11)14-12(8-13)6-7-12/h2-5,14H,6-7,9H2,1H3. The number of anilines is 1. The lowest BCUT2D eigenvalue weighted by Crippen LogP contribution is -2.18. The summed E-state index contributed by atoms with van der Waals surface area (Å²) in [5, 5.41) is 12.1. The predicted octanol–water partition coefficient (Wildman–Crippen LogP) is 2.14. The minimum atomic E-state index is -0.325. The normalized spacial score (nSPS) is 16.2. The Balaban J connectivity index is 1.95. The Labute approximate surface area is 94.8 Å². The number of ether oxygens (including phenoxy) is 2. The van der Waals surface area contributed by atoms with Gasteiger partial charge in [-0.15, -0.1) is 0 Å². The van der Waals surface area contributed by atoms with Gasteiger partial charge in [0.15, 0.2) is 6.79 Å². The third kappa shape index (κ3) is 2.44. The van der Waals surface area contributed by atoms with E-state index in [9.17, 15) is 0 Å². The van der Waals surface area contributed by atoms with E-state index in [1.54, 1.807) is 7.11 Å². The lowest BCUT2D eigenvalue weighted by atomic mass is 10.2. The second-order valence-corrected chi connectivity index (χ2v) is 3.89. The molecule has 2 rings (SSSR count). The maximum Gasteiger partial charge on any atom is 0.188 e. The Kier molecular flexibility index (Phi) is 2.97. The zero-order chi connectivity index (χ0) is 11.4.